The Kier molecular flexibility index (Phi) is 5.07. The van der Waals surface area contributed by atoms with Crippen molar-refractivity contribution in [1.29, 1.82) is 0 Å². The Balaban J connectivity index is 1.64. The van der Waals surface area contributed by atoms with Crippen LogP contribution >= 0.6 is 11.3 Å². The van der Waals surface area contributed by atoms with Gasteiger partial charge in [-0.2, -0.15) is 5.10 Å². The van der Waals surface area contributed by atoms with Gasteiger partial charge in [-0.15, -0.1) is 0 Å². The Morgan fingerprint density at radius 1 is 1.06 bits per heavy atom. The van der Waals surface area contributed by atoms with Crippen LogP contribution in [0.4, 0.5) is 15.2 Å². The molecule has 5 aromatic rings. The number of anilines is 1. The first-order valence-corrected chi connectivity index (χ1v) is 10.4. The van der Waals surface area contributed by atoms with Crippen LogP contribution in [0, 0.1) is 15.9 Å². The summed E-state index contributed by atoms with van der Waals surface area (Å²) in [7, 11) is 0. The van der Waals surface area contributed by atoms with Crippen molar-refractivity contribution in [2.24, 2.45) is 0 Å². The zero-order chi connectivity index (χ0) is 22.9. The van der Waals surface area contributed by atoms with Crippen LogP contribution in [-0.2, 0) is 0 Å². The lowest BCUT2D eigenvalue weighted by Gasteiger charge is -2.09. The molecule has 0 aliphatic heterocycles. The van der Waals surface area contributed by atoms with Gasteiger partial charge in [0.05, 0.1) is 27.1 Å². The number of para-hydroxylation sites is 1. The number of rotatable bonds is 5. The van der Waals surface area contributed by atoms with Crippen LogP contribution in [0.2, 0.25) is 0 Å². The van der Waals surface area contributed by atoms with Crippen LogP contribution in [0.5, 0.6) is 0 Å². The van der Waals surface area contributed by atoms with Gasteiger partial charge in [0.15, 0.2) is 11.5 Å². The number of fused-ring (bicyclic) bond motifs is 1. The van der Waals surface area contributed by atoms with Gasteiger partial charge in [-0.3, -0.25) is 14.9 Å². The molecule has 11 heteroatoms. The smallest absolute Gasteiger partial charge is 0.305 e. The van der Waals surface area contributed by atoms with E-state index >= 15 is 0 Å². The van der Waals surface area contributed by atoms with Crippen molar-refractivity contribution >= 4 is 39.1 Å². The molecular formula is C22H13FN6O3S. The highest BCUT2D eigenvalue weighted by atomic mass is 32.1. The number of thiophene rings is 1. The van der Waals surface area contributed by atoms with Crippen molar-refractivity contribution < 1.29 is 14.1 Å². The summed E-state index contributed by atoms with van der Waals surface area (Å²) in [5.74, 6) is -0.676. The number of halogens is 1. The number of carbonyl (C=O) groups excluding carboxylic acids is 1. The topological polar surface area (TPSA) is 116 Å². The van der Waals surface area contributed by atoms with Crippen molar-refractivity contribution in [3.05, 3.63) is 93.7 Å². The number of hydrogen-bond donors (Lipinski definition) is 1. The molecule has 3 aromatic heterocycles. The van der Waals surface area contributed by atoms with E-state index in [0.29, 0.717) is 16.6 Å². The van der Waals surface area contributed by atoms with Crippen LogP contribution in [0.25, 0.3) is 28.1 Å². The number of nitrogens with zero attached hydrogens (tertiary/aromatic N) is 5. The van der Waals surface area contributed by atoms with E-state index in [2.05, 4.69) is 20.4 Å². The maximum Gasteiger partial charge on any atom is 0.324 e. The molecule has 0 radical (unpaired) electrons. The van der Waals surface area contributed by atoms with Crippen molar-refractivity contribution in [3.63, 3.8) is 0 Å². The predicted octanol–water partition coefficient (Wildman–Crippen LogP) is 4.84. The van der Waals surface area contributed by atoms with Gasteiger partial charge in [-0.05, 0) is 30.3 Å². The first-order valence-electron chi connectivity index (χ1n) is 9.62. The third-order valence-electron chi connectivity index (χ3n) is 4.74. The van der Waals surface area contributed by atoms with Crippen molar-refractivity contribution in [1.82, 2.24) is 19.7 Å². The molecule has 0 spiro atoms. The Morgan fingerprint density at radius 3 is 2.61 bits per heavy atom. The quantitative estimate of drug-likeness (QED) is 0.296. The van der Waals surface area contributed by atoms with Crippen molar-refractivity contribution in [3.8, 4) is 17.1 Å². The number of benzene rings is 2. The van der Waals surface area contributed by atoms with E-state index < -0.39 is 16.6 Å². The minimum absolute atomic E-state index is 0.148. The first kappa shape index (κ1) is 20.4. The summed E-state index contributed by atoms with van der Waals surface area (Å²) in [5, 5.41) is 18.3. The molecule has 0 saturated heterocycles. The largest absolute Gasteiger partial charge is 0.324 e. The first-order chi connectivity index (χ1) is 16.0. The van der Waals surface area contributed by atoms with Gasteiger partial charge < -0.3 is 5.32 Å². The number of carbonyl (C=O) groups is 1. The third kappa shape index (κ3) is 3.92. The predicted molar refractivity (Wildman–Crippen MR) is 121 cm³/mol. The van der Waals surface area contributed by atoms with E-state index in [9.17, 15) is 19.3 Å². The fourth-order valence-electron chi connectivity index (χ4n) is 3.24. The minimum Gasteiger partial charge on any atom is -0.305 e. The second-order valence-electron chi connectivity index (χ2n) is 6.88. The molecule has 0 aliphatic carbocycles. The van der Waals surface area contributed by atoms with E-state index in [4.69, 9.17) is 0 Å². The number of aromatic nitrogens is 4. The standard InChI is InChI=1S/C22H13FN6O3S/c23-14-6-4-5-13(11-14)19-25-20(27-22(30)17-9-10-18(33-17)29(31)32)16-12-24-28(21(16)26-19)15-7-2-1-3-8-15/h1-12H,(H,25,26,27,30). The zero-order valence-electron chi connectivity index (χ0n) is 16.7. The molecule has 9 nitrogen and oxygen atoms in total. The molecule has 0 unspecified atom stereocenters. The van der Waals surface area contributed by atoms with Gasteiger partial charge in [0, 0.05) is 11.6 Å². The van der Waals surface area contributed by atoms with Crippen LogP contribution < -0.4 is 5.32 Å². The fraction of sp³-hybridized carbons (Fsp3) is 0. The van der Waals surface area contributed by atoms with Crippen LogP contribution in [-0.4, -0.2) is 30.6 Å². The van der Waals surface area contributed by atoms with E-state index in [1.165, 1.54) is 36.5 Å². The third-order valence-corrected chi connectivity index (χ3v) is 5.78. The van der Waals surface area contributed by atoms with Gasteiger partial charge in [0.2, 0.25) is 0 Å². The molecule has 1 N–H and O–H groups in total. The van der Waals surface area contributed by atoms with Gasteiger partial charge in [-0.1, -0.05) is 41.7 Å². The second kappa shape index (κ2) is 8.20. The summed E-state index contributed by atoms with van der Waals surface area (Å²) in [6.45, 7) is 0. The number of hydrogen-bond acceptors (Lipinski definition) is 7. The summed E-state index contributed by atoms with van der Waals surface area (Å²) < 4.78 is 15.4. The SMILES string of the molecule is O=C(Nc1nc(-c2cccc(F)c2)nc2c1cnn2-c1ccccc1)c1ccc([N+](=O)[O-])s1. The molecule has 0 atom stereocenters. The molecule has 162 valence electrons. The highest BCUT2D eigenvalue weighted by molar-refractivity contribution is 7.17. The molecule has 0 fully saturated rings. The minimum atomic E-state index is -0.564. The number of nitro groups is 1. The molecule has 0 bridgehead atoms. The van der Waals surface area contributed by atoms with E-state index in [1.54, 1.807) is 10.7 Å². The summed E-state index contributed by atoms with van der Waals surface area (Å²) >= 11 is 0.753. The second-order valence-corrected chi connectivity index (χ2v) is 7.95. The molecule has 1 amide bonds. The van der Waals surface area contributed by atoms with E-state index in [1.807, 2.05) is 30.3 Å². The number of amides is 1. The van der Waals surface area contributed by atoms with Gasteiger partial charge in [-0.25, -0.2) is 19.0 Å². The van der Waals surface area contributed by atoms with Gasteiger partial charge in [0.25, 0.3) is 5.91 Å². The molecule has 2 aromatic carbocycles. The lowest BCUT2D eigenvalue weighted by Crippen LogP contribution is -2.12. The normalized spacial score (nSPS) is 10.9. The lowest BCUT2D eigenvalue weighted by molar-refractivity contribution is -0.380. The maximum absolute atomic E-state index is 13.9. The summed E-state index contributed by atoms with van der Waals surface area (Å²) in [4.78, 5) is 32.4. The summed E-state index contributed by atoms with van der Waals surface area (Å²) in [5.41, 5.74) is 1.56. The van der Waals surface area contributed by atoms with Crippen LogP contribution in [0.15, 0.2) is 72.9 Å². The van der Waals surface area contributed by atoms with Crippen molar-refractivity contribution in [2.45, 2.75) is 0 Å². The fourth-order valence-corrected chi connectivity index (χ4v) is 3.95. The highest BCUT2D eigenvalue weighted by Gasteiger charge is 2.20. The average Bonchev–Trinajstić information content (AvgIpc) is 3.48. The maximum atomic E-state index is 13.9. The monoisotopic (exact) mass is 460 g/mol. The Morgan fingerprint density at radius 2 is 1.88 bits per heavy atom. The van der Waals surface area contributed by atoms with Crippen LogP contribution in [0.1, 0.15) is 9.67 Å². The Hall–Kier alpha value is -4.51. The molecular weight excluding hydrogens is 447 g/mol. The van der Waals surface area contributed by atoms with Gasteiger partial charge in [0.1, 0.15) is 11.6 Å². The molecule has 0 aliphatic rings. The van der Waals surface area contributed by atoms with Crippen LogP contribution in [0.3, 0.4) is 0 Å². The summed E-state index contributed by atoms with van der Waals surface area (Å²) in [6, 6.07) is 17.7. The number of nitrogens with one attached hydrogen (secondary N) is 1. The Labute approximate surface area is 189 Å². The molecule has 5 rings (SSSR count). The van der Waals surface area contributed by atoms with E-state index in [0.717, 1.165) is 17.0 Å². The van der Waals surface area contributed by atoms with E-state index in [-0.39, 0.29) is 21.5 Å². The average molecular weight is 460 g/mol. The Bertz CT molecular complexity index is 1520. The zero-order valence-corrected chi connectivity index (χ0v) is 17.5. The highest BCUT2D eigenvalue weighted by Crippen LogP contribution is 2.29. The molecule has 33 heavy (non-hydrogen) atoms. The molecule has 3 heterocycles. The molecule has 0 saturated carbocycles. The van der Waals surface area contributed by atoms with Gasteiger partial charge >= 0.3 is 5.00 Å². The van der Waals surface area contributed by atoms with Crippen molar-refractivity contribution in [2.75, 3.05) is 5.32 Å². The summed E-state index contributed by atoms with van der Waals surface area (Å²) in [6.07, 6.45) is 1.52. The lowest BCUT2D eigenvalue weighted by atomic mass is 10.2.